The second-order valence-electron chi connectivity index (χ2n) is 4.04. The lowest BCUT2D eigenvalue weighted by molar-refractivity contribution is -0.136. The summed E-state index contributed by atoms with van der Waals surface area (Å²) in [7, 11) is 0. The van der Waals surface area contributed by atoms with Crippen molar-refractivity contribution in [3.05, 3.63) is 23.5 Å². The van der Waals surface area contributed by atoms with Crippen molar-refractivity contribution in [1.82, 2.24) is 4.98 Å². The van der Waals surface area contributed by atoms with Crippen molar-refractivity contribution in [3.8, 4) is 17.9 Å². The molecule has 0 spiro atoms. The van der Waals surface area contributed by atoms with Gasteiger partial charge in [0.2, 0.25) is 0 Å². The number of thioether (sulfide) groups is 1. The third-order valence-corrected chi connectivity index (χ3v) is 3.52. The number of nitrogens with zero attached hydrogens (tertiary/aromatic N) is 2. The third-order valence-electron chi connectivity index (χ3n) is 2.46. The quantitative estimate of drug-likeness (QED) is 0.494. The highest BCUT2D eigenvalue weighted by Crippen LogP contribution is 2.24. The maximum Gasteiger partial charge on any atom is 0.304 e. The fourth-order valence-electron chi connectivity index (χ4n) is 1.43. The van der Waals surface area contributed by atoms with E-state index in [0.29, 0.717) is 17.0 Å². The van der Waals surface area contributed by atoms with Gasteiger partial charge in [-0.1, -0.05) is 25.2 Å². The van der Waals surface area contributed by atoms with Gasteiger partial charge in [-0.2, -0.15) is 5.26 Å². The summed E-state index contributed by atoms with van der Waals surface area (Å²) in [6.45, 7) is 2.10. The number of carboxylic acid groups (broad SMARTS) is 1. The summed E-state index contributed by atoms with van der Waals surface area (Å²) in [6, 6.07) is 3.81. The van der Waals surface area contributed by atoms with E-state index in [1.165, 1.54) is 11.8 Å². The predicted octanol–water partition coefficient (Wildman–Crippen LogP) is 3.06. The number of pyridine rings is 1. The number of carbonyl (C=O) groups is 1. The minimum Gasteiger partial charge on any atom is -0.481 e. The molecular formula is C15H16N2O2S. The Labute approximate surface area is 123 Å². The molecule has 0 aromatic carbocycles. The van der Waals surface area contributed by atoms with Crippen molar-refractivity contribution in [3.63, 3.8) is 0 Å². The summed E-state index contributed by atoms with van der Waals surface area (Å²) in [5.74, 6) is 5.67. The van der Waals surface area contributed by atoms with Crippen LogP contribution in [0.1, 0.15) is 43.9 Å². The van der Waals surface area contributed by atoms with E-state index in [0.717, 1.165) is 24.2 Å². The zero-order chi connectivity index (χ0) is 14.8. The van der Waals surface area contributed by atoms with Gasteiger partial charge < -0.3 is 5.11 Å². The second-order valence-corrected chi connectivity index (χ2v) is 5.18. The minimum atomic E-state index is -0.831. The molecule has 0 unspecified atom stereocenters. The van der Waals surface area contributed by atoms with Gasteiger partial charge in [-0.3, -0.25) is 4.79 Å². The van der Waals surface area contributed by atoms with E-state index in [1.807, 2.05) is 6.07 Å². The lowest BCUT2D eigenvalue weighted by Crippen LogP contribution is -1.97. The fraction of sp³-hybridized carbons (Fsp3) is 0.400. The Hall–Kier alpha value is -1.98. The first-order valence-corrected chi connectivity index (χ1v) is 7.40. The van der Waals surface area contributed by atoms with Crippen LogP contribution >= 0.6 is 11.8 Å². The molecule has 4 nitrogen and oxygen atoms in total. The molecule has 1 heterocycles. The van der Waals surface area contributed by atoms with Crippen molar-refractivity contribution < 1.29 is 9.90 Å². The van der Waals surface area contributed by atoms with Crippen molar-refractivity contribution in [1.29, 1.82) is 5.26 Å². The molecule has 5 heteroatoms. The van der Waals surface area contributed by atoms with Crippen molar-refractivity contribution in [2.75, 3.05) is 5.75 Å². The van der Waals surface area contributed by atoms with E-state index in [1.54, 1.807) is 12.3 Å². The normalized spacial score (nSPS) is 9.40. The molecule has 1 N–H and O–H groups in total. The molecule has 0 bridgehead atoms. The Morgan fingerprint density at radius 1 is 1.55 bits per heavy atom. The molecule has 0 amide bonds. The average molecular weight is 288 g/mol. The molecular weight excluding hydrogens is 272 g/mol. The topological polar surface area (TPSA) is 74.0 Å². The number of aromatic nitrogens is 1. The summed E-state index contributed by atoms with van der Waals surface area (Å²) in [5.41, 5.74) is 0.913. The van der Waals surface area contributed by atoms with E-state index in [9.17, 15) is 4.79 Å². The highest BCUT2D eigenvalue weighted by Gasteiger charge is 2.08. The zero-order valence-corrected chi connectivity index (χ0v) is 12.2. The highest BCUT2D eigenvalue weighted by atomic mass is 32.2. The number of hydrogen-bond acceptors (Lipinski definition) is 4. The largest absolute Gasteiger partial charge is 0.481 e. The van der Waals surface area contributed by atoms with Crippen LogP contribution in [0.25, 0.3) is 0 Å². The minimum absolute atomic E-state index is 0.0809. The molecule has 0 aliphatic rings. The predicted molar refractivity (Wildman–Crippen MR) is 78.3 cm³/mol. The van der Waals surface area contributed by atoms with Gasteiger partial charge in [0.05, 0.1) is 12.0 Å². The van der Waals surface area contributed by atoms with E-state index in [2.05, 4.69) is 23.7 Å². The second kappa shape index (κ2) is 9.01. The van der Waals surface area contributed by atoms with Crippen LogP contribution in [0.15, 0.2) is 17.2 Å². The van der Waals surface area contributed by atoms with Gasteiger partial charge in [-0.15, -0.1) is 11.8 Å². The molecule has 0 atom stereocenters. The molecule has 0 saturated carbocycles. The van der Waals surface area contributed by atoms with Gasteiger partial charge in [0.15, 0.2) is 5.69 Å². The first-order valence-electron chi connectivity index (χ1n) is 6.41. The maximum absolute atomic E-state index is 10.5. The molecule has 1 aromatic heterocycles. The lowest BCUT2D eigenvalue weighted by atomic mass is 10.2. The van der Waals surface area contributed by atoms with Gasteiger partial charge in [0.1, 0.15) is 6.07 Å². The van der Waals surface area contributed by atoms with E-state index in [-0.39, 0.29) is 6.42 Å². The molecule has 0 radical (unpaired) electrons. The average Bonchev–Trinajstić information content (AvgIpc) is 2.44. The Kier molecular flexibility index (Phi) is 7.24. The molecule has 0 fully saturated rings. The van der Waals surface area contributed by atoms with Crippen molar-refractivity contribution in [2.45, 2.75) is 37.5 Å². The van der Waals surface area contributed by atoms with Crippen LogP contribution in [0.3, 0.4) is 0 Å². The number of aliphatic carboxylic acids is 1. The summed E-state index contributed by atoms with van der Waals surface area (Å²) in [4.78, 5) is 15.4. The van der Waals surface area contributed by atoms with Crippen LogP contribution in [-0.2, 0) is 4.79 Å². The Morgan fingerprint density at radius 3 is 3.00 bits per heavy atom. The first kappa shape index (κ1) is 16.1. The van der Waals surface area contributed by atoms with Crippen LogP contribution < -0.4 is 0 Å². The first-order chi connectivity index (χ1) is 9.69. The Bertz CT molecular complexity index is 567. The smallest absolute Gasteiger partial charge is 0.304 e. The summed E-state index contributed by atoms with van der Waals surface area (Å²) in [5, 5.41) is 17.7. The van der Waals surface area contributed by atoms with E-state index < -0.39 is 5.97 Å². The highest BCUT2D eigenvalue weighted by molar-refractivity contribution is 7.99. The van der Waals surface area contributed by atoms with E-state index >= 15 is 0 Å². The number of hydrogen-bond donors (Lipinski definition) is 1. The van der Waals surface area contributed by atoms with Gasteiger partial charge >= 0.3 is 5.97 Å². The monoisotopic (exact) mass is 288 g/mol. The standard InChI is InChI=1S/C15H16N2O2S/c1-2-3-4-5-6-12-13(11-16)17-9-7-14(12)20-10-8-15(18)19/h7,9H,2-4,8,10H2,1H3,(H,18,19). The maximum atomic E-state index is 10.5. The summed E-state index contributed by atoms with van der Waals surface area (Å²) in [6.07, 6.45) is 4.52. The van der Waals surface area contributed by atoms with Crippen LogP contribution in [0.5, 0.6) is 0 Å². The Balaban J connectivity index is 2.89. The van der Waals surface area contributed by atoms with Crippen LogP contribution in [-0.4, -0.2) is 21.8 Å². The van der Waals surface area contributed by atoms with Gasteiger partial charge in [0.25, 0.3) is 0 Å². The number of rotatable bonds is 6. The molecule has 1 rings (SSSR count). The Morgan fingerprint density at radius 2 is 2.35 bits per heavy atom. The zero-order valence-electron chi connectivity index (χ0n) is 11.3. The van der Waals surface area contributed by atoms with Gasteiger partial charge in [-0.05, 0) is 12.5 Å². The fourth-order valence-corrected chi connectivity index (χ4v) is 2.38. The lowest BCUT2D eigenvalue weighted by Gasteiger charge is -2.04. The number of carboxylic acids is 1. The molecule has 104 valence electrons. The number of unbranched alkanes of at least 4 members (excludes halogenated alkanes) is 2. The summed E-state index contributed by atoms with van der Waals surface area (Å²) < 4.78 is 0. The molecule has 20 heavy (non-hydrogen) atoms. The molecule has 0 aliphatic heterocycles. The molecule has 0 aliphatic carbocycles. The van der Waals surface area contributed by atoms with Gasteiger partial charge in [-0.25, -0.2) is 4.98 Å². The SMILES string of the molecule is CCCCC#Cc1c(SCCC(=O)O)ccnc1C#N. The third kappa shape index (κ3) is 5.34. The van der Waals surface area contributed by atoms with Crippen molar-refractivity contribution >= 4 is 17.7 Å². The molecule has 1 aromatic rings. The summed E-state index contributed by atoms with van der Waals surface area (Å²) >= 11 is 1.39. The van der Waals surface area contributed by atoms with Crippen LogP contribution in [0, 0.1) is 23.2 Å². The van der Waals surface area contributed by atoms with Crippen LogP contribution in [0.2, 0.25) is 0 Å². The number of nitriles is 1. The van der Waals surface area contributed by atoms with Crippen LogP contribution in [0.4, 0.5) is 0 Å². The van der Waals surface area contributed by atoms with Crippen molar-refractivity contribution in [2.24, 2.45) is 0 Å². The molecule has 0 saturated heterocycles. The van der Waals surface area contributed by atoms with Gasteiger partial charge in [0, 0.05) is 23.3 Å². The van der Waals surface area contributed by atoms with E-state index in [4.69, 9.17) is 10.4 Å².